The maximum atomic E-state index is 11.0. The number of carboxylic acid groups (broad SMARTS) is 1. The molecule has 14 heavy (non-hydrogen) atoms. The molecule has 0 aliphatic rings. The summed E-state index contributed by atoms with van der Waals surface area (Å²) >= 11 is 5.61. The first-order valence-corrected chi connectivity index (χ1v) is 5.15. The van der Waals surface area contributed by atoms with E-state index in [1.54, 1.807) is 24.3 Å². The highest BCUT2D eigenvalue weighted by Gasteiger charge is 2.04. The molecule has 0 heterocycles. The van der Waals surface area contributed by atoms with Gasteiger partial charge in [-0.1, -0.05) is 18.2 Å². The quantitative estimate of drug-likeness (QED) is 0.624. The van der Waals surface area contributed by atoms with Gasteiger partial charge in [0, 0.05) is 15.6 Å². The van der Waals surface area contributed by atoms with Gasteiger partial charge in [-0.2, -0.15) is 0 Å². The third-order valence-electron chi connectivity index (χ3n) is 1.46. The number of hydrogen-bond donors (Lipinski definition) is 1. The maximum absolute atomic E-state index is 11.0. The van der Waals surface area contributed by atoms with Gasteiger partial charge in [-0.25, -0.2) is 0 Å². The zero-order chi connectivity index (χ0) is 10.6. The van der Waals surface area contributed by atoms with Gasteiger partial charge in [0.05, 0.1) is 5.75 Å². The summed E-state index contributed by atoms with van der Waals surface area (Å²) < 4.78 is 0. The molecule has 0 fully saturated rings. The Kier molecular flexibility index (Phi) is 3.91. The van der Waals surface area contributed by atoms with Crippen molar-refractivity contribution in [1.82, 2.24) is 0 Å². The Bertz CT molecular complexity index is 363. The molecule has 0 unspecified atom stereocenters. The van der Waals surface area contributed by atoms with Crippen LogP contribution in [0.4, 0.5) is 0 Å². The van der Waals surface area contributed by atoms with Crippen LogP contribution in [0.25, 0.3) is 0 Å². The van der Waals surface area contributed by atoms with Crippen molar-refractivity contribution in [2.45, 2.75) is 4.90 Å². The fourth-order valence-corrected chi connectivity index (χ4v) is 1.91. The number of carbonyl (C=O) groups is 2. The summed E-state index contributed by atoms with van der Waals surface area (Å²) in [5.74, 6) is -0.985. The lowest BCUT2D eigenvalue weighted by Gasteiger charge is -2.09. The van der Waals surface area contributed by atoms with Crippen molar-refractivity contribution in [3.8, 4) is 0 Å². The smallest absolute Gasteiger partial charge is 0.313 e. The fourth-order valence-electron chi connectivity index (χ4n) is 0.901. The minimum atomic E-state index is -0.915. The molecule has 1 aromatic carbocycles. The van der Waals surface area contributed by atoms with E-state index >= 15 is 0 Å². The van der Waals surface area contributed by atoms with Crippen LogP contribution in [-0.4, -0.2) is 21.9 Å². The number of benzene rings is 1. The van der Waals surface area contributed by atoms with Crippen molar-refractivity contribution in [1.29, 1.82) is 0 Å². The predicted octanol–water partition coefficient (Wildman–Crippen LogP) is 1.55. The van der Waals surface area contributed by atoms with E-state index in [0.717, 1.165) is 11.8 Å². The fraction of sp³-hybridized carbons (Fsp3) is 0.111. The van der Waals surface area contributed by atoms with Crippen molar-refractivity contribution in [3.05, 3.63) is 29.8 Å². The maximum Gasteiger partial charge on any atom is 0.313 e. The molecule has 0 amide bonds. The lowest BCUT2D eigenvalue weighted by atomic mass is 10.2. The molecule has 0 aromatic heterocycles. The summed E-state index contributed by atoms with van der Waals surface area (Å²) in [6.45, 7) is 0. The predicted molar refractivity (Wildman–Crippen MR) is 56.5 cm³/mol. The first kappa shape index (κ1) is 11.0. The lowest BCUT2D eigenvalue weighted by molar-refractivity contribution is -0.133. The standard InChI is InChI=1S/C9H8O3S2/c10-8(11)5-14-7-4-2-1-3-6(7)9(12)13/h1-4H,5H2,(H,10,11)(H,12,13)/p-1. The van der Waals surface area contributed by atoms with Crippen molar-refractivity contribution in [3.63, 3.8) is 0 Å². The van der Waals surface area contributed by atoms with Crippen LogP contribution in [0, 0.1) is 0 Å². The van der Waals surface area contributed by atoms with Gasteiger partial charge in [-0.15, -0.1) is 11.8 Å². The molecule has 1 N–H and O–H groups in total. The van der Waals surface area contributed by atoms with Crippen molar-refractivity contribution in [2.75, 3.05) is 5.75 Å². The molecule has 0 aliphatic heterocycles. The molecule has 0 bridgehead atoms. The van der Waals surface area contributed by atoms with Gasteiger partial charge in [0.1, 0.15) is 0 Å². The van der Waals surface area contributed by atoms with Crippen LogP contribution < -0.4 is 0 Å². The van der Waals surface area contributed by atoms with Gasteiger partial charge in [-0.3, -0.25) is 4.79 Å². The Labute approximate surface area is 90.9 Å². The molecular weight excluding hydrogens is 220 g/mol. The van der Waals surface area contributed by atoms with Gasteiger partial charge < -0.3 is 22.5 Å². The highest BCUT2D eigenvalue weighted by molar-refractivity contribution is 8.00. The zero-order valence-corrected chi connectivity index (χ0v) is 8.73. The zero-order valence-electron chi connectivity index (χ0n) is 7.10. The Hall–Kier alpha value is -1.07. The summed E-state index contributed by atoms with van der Waals surface area (Å²) in [6, 6.07) is 6.73. The average molecular weight is 227 g/mol. The number of hydrogen-bond acceptors (Lipinski definition) is 4. The minimum absolute atomic E-state index is 0.0698. The van der Waals surface area contributed by atoms with E-state index < -0.39 is 11.1 Å². The second-order valence-electron chi connectivity index (χ2n) is 2.47. The molecular formula is C9H7O3S2-. The van der Waals surface area contributed by atoms with E-state index in [4.69, 9.17) is 5.11 Å². The third-order valence-corrected chi connectivity index (χ3v) is 2.74. The monoisotopic (exact) mass is 227 g/mol. The molecule has 0 spiro atoms. The highest BCUT2D eigenvalue weighted by atomic mass is 32.2. The topological polar surface area (TPSA) is 54.4 Å². The largest absolute Gasteiger partial charge is 0.737 e. The Morgan fingerprint density at radius 3 is 2.57 bits per heavy atom. The second kappa shape index (κ2) is 4.97. The number of rotatable bonds is 4. The van der Waals surface area contributed by atoms with E-state index in [0.29, 0.717) is 10.5 Å². The SMILES string of the molecule is O=C(O)CSc1ccccc1C(=O)[S-]. The Morgan fingerprint density at radius 2 is 2.00 bits per heavy atom. The van der Waals surface area contributed by atoms with Crippen molar-refractivity contribution in [2.24, 2.45) is 0 Å². The Balaban J connectivity index is 2.84. The number of carbonyl (C=O) groups excluding carboxylic acids is 1. The molecule has 5 heteroatoms. The third kappa shape index (κ3) is 3.01. The molecule has 0 radical (unpaired) electrons. The van der Waals surface area contributed by atoms with Crippen LogP contribution in [0.3, 0.4) is 0 Å². The van der Waals surface area contributed by atoms with E-state index in [-0.39, 0.29) is 5.75 Å². The van der Waals surface area contributed by atoms with E-state index in [1.165, 1.54) is 0 Å². The summed E-state index contributed by atoms with van der Waals surface area (Å²) in [6.07, 6.45) is 0. The second-order valence-corrected chi connectivity index (χ2v) is 3.85. The van der Waals surface area contributed by atoms with Crippen LogP contribution >= 0.6 is 11.8 Å². The number of carboxylic acids is 1. The molecule has 0 saturated carbocycles. The number of aliphatic carboxylic acids is 1. The van der Waals surface area contributed by atoms with Crippen LogP contribution in [0.5, 0.6) is 0 Å². The first-order chi connectivity index (χ1) is 6.61. The molecule has 0 saturated heterocycles. The summed E-state index contributed by atoms with van der Waals surface area (Å²) in [5.41, 5.74) is 0.397. The molecule has 1 aromatic rings. The van der Waals surface area contributed by atoms with Crippen molar-refractivity contribution >= 4 is 35.5 Å². The molecule has 1 rings (SSSR count). The first-order valence-electron chi connectivity index (χ1n) is 3.76. The van der Waals surface area contributed by atoms with Crippen LogP contribution in [0.15, 0.2) is 29.2 Å². The normalized spacial score (nSPS) is 9.71. The average Bonchev–Trinajstić information content (AvgIpc) is 2.15. The van der Waals surface area contributed by atoms with Gasteiger partial charge in [0.25, 0.3) is 0 Å². The van der Waals surface area contributed by atoms with Gasteiger partial charge >= 0.3 is 5.97 Å². The van der Waals surface area contributed by atoms with Gasteiger partial charge in [0.2, 0.25) is 0 Å². The number of thioether (sulfide) groups is 1. The van der Waals surface area contributed by atoms with Gasteiger partial charge in [-0.05, 0) is 6.07 Å². The summed E-state index contributed by atoms with van der Waals surface area (Å²) in [7, 11) is 0. The van der Waals surface area contributed by atoms with Gasteiger partial charge in [0.15, 0.2) is 0 Å². The molecule has 0 aliphatic carbocycles. The van der Waals surface area contributed by atoms with Crippen LogP contribution in [-0.2, 0) is 17.4 Å². The summed E-state index contributed by atoms with van der Waals surface area (Å²) in [5, 5.41) is 8.01. The van der Waals surface area contributed by atoms with E-state index in [2.05, 4.69) is 12.6 Å². The molecule has 3 nitrogen and oxygen atoms in total. The van der Waals surface area contributed by atoms with E-state index in [9.17, 15) is 9.59 Å². The van der Waals surface area contributed by atoms with E-state index in [1.807, 2.05) is 0 Å². The Morgan fingerprint density at radius 1 is 1.36 bits per heavy atom. The molecule has 0 atom stereocenters. The summed E-state index contributed by atoms with van der Waals surface area (Å²) in [4.78, 5) is 21.9. The van der Waals surface area contributed by atoms with Crippen molar-refractivity contribution < 1.29 is 14.7 Å². The van der Waals surface area contributed by atoms with Crippen LogP contribution in [0.2, 0.25) is 0 Å². The minimum Gasteiger partial charge on any atom is -0.737 e. The van der Waals surface area contributed by atoms with Crippen LogP contribution in [0.1, 0.15) is 10.4 Å². The molecule has 74 valence electrons. The highest BCUT2D eigenvalue weighted by Crippen LogP contribution is 2.22. The lowest BCUT2D eigenvalue weighted by Crippen LogP contribution is -2.00.